The Kier molecular flexibility index (Phi) is 3.53. The zero-order chi connectivity index (χ0) is 9.03. The smallest absolute Gasteiger partial charge is 0.000566 e. The van der Waals surface area contributed by atoms with E-state index in [0.29, 0.717) is 5.41 Å². The molecule has 12 heavy (non-hydrogen) atoms. The van der Waals surface area contributed by atoms with E-state index in [1.807, 2.05) is 0 Å². The summed E-state index contributed by atoms with van der Waals surface area (Å²) < 4.78 is 0. The standard InChI is InChI=1S/C10H22N2/c1-4-10(9-11-2)5-7-12(3)8-6-10/h11H,4-9H2,1-3H3. The lowest BCUT2D eigenvalue weighted by molar-refractivity contribution is 0.117. The van der Waals surface area contributed by atoms with Gasteiger partial charge in [-0.25, -0.2) is 0 Å². The van der Waals surface area contributed by atoms with Gasteiger partial charge in [0.25, 0.3) is 0 Å². The van der Waals surface area contributed by atoms with Crippen LogP contribution in [0, 0.1) is 5.41 Å². The molecule has 1 rings (SSSR count). The van der Waals surface area contributed by atoms with E-state index in [4.69, 9.17) is 0 Å². The van der Waals surface area contributed by atoms with Crippen molar-refractivity contribution in [2.24, 2.45) is 5.41 Å². The minimum atomic E-state index is 0.598. The minimum absolute atomic E-state index is 0.598. The quantitative estimate of drug-likeness (QED) is 0.687. The van der Waals surface area contributed by atoms with Gasteiger partial charge in [0.05, 0.1) is 0 Å². The number of rotatable bonds is 3. The molecule has 0 amide bonds. The molecule has 72 valence electrons. The van der Waals surface area contributed by atoms with Gasteiger partial charge in [-0.05, 0) is 51.9 Å². The maximum Gasteiger partial charge on any atom is 0.000566 e. The Bertz CT molecular complexity index is 126. The Labute approximate surface area is 76.3 Å². The SMILES string of the molecule is CCC1(CNC)CCN(C)CC1. The van der Waals surface area contributed by atoms with Crippen molar-refractivity contribution in [2.75, 3.05) is 33.7 Å². The summed E-state index contributed by atoms with van der Waals surface area (Å²) in [6, 6.07) is 0. The minimum Gasteiger partial charge on any atom is -0.319 e. The summed E-state index contributed by atoms with van der Waals surface area (Å²) in [5.41, 5.74) is 0.598. The molecule has 0 saturated carbocycles. The van der Waals surface area contributed by atoms with E-state index >= 15 is 0 Å². The van der Waals surface area contributed by atoms with E-state index < -0.39 is 0 Å². The second-order valence-corrected chi connectivity index (χ2v) is 4.19. The first-order valence-electron chi connectivity index (χ1n) is 5.05. The van der Waals surface area contributed by atoms with Crippen molar-refractivity contribution in [1.29, 1.82) is 0 Å². The van der Waals surface area contributed by atoms with Crippen LogP contribution in [-0.4, -0.2) is 38.6 Å². The molecule has 2 heteroatoms. The fourth-order valence-corrected chi connectivity index (χ4v) is 2.12. The van der Waals surface area contributed by atoms with E-state index in [2.05, 4.69) is 31.2 Å². The van der Waals surface area contributed by atoms with Crippen LogP contribution in [0.2, 0.25) is 0 Å². The number of likely N-dealkylation sites (tertiary alicyclic amines) is 1. The van der Waals surface area contributed by atoms with Crippen molar-refractivity contribution in [3.05, 3.63) is 0 Å². The molecule has 0 aromatic heterocycles. The molecule has 1 aliphatic heterocycles. The molecule has 1 heterocycles. The van der Waals surface area contributed by atoms with Gasteiger partial charge in [-0.3, -0.25) is 0 Å². The number of nitrogens with zero attached hydrogens (tertiary/aromatic N) is 1. The Morgan fingerprint density at radius 1 is 1.33 bits per heavy atom. The zero-order valence-electron chi connectivity index (χ0n) is 8.69. The number of hydrogen-bond acceptors (Lipinski definition) is 2. The molecule has 2 nitrogen and oxygen atoms in total. The van der Waals surface area contributed by atoms with Gasteiger partial charge in [0.2, 0.25) is 0 Å². The second-order valence-electron chi connectivity index (χ2n) is 4.19. The van der Waals surface area contributed by atoms with Gasteiger partial charge in [-0.1, -0.05) is 6.92 Å². The van der Waals surface area contributed by atoms with Crippen molar-refractivity contribution >= 4 is 0 Å². The molecule has 0 aliphatic carbocycles. The molecule has 1 N–H and O–H groups in total. The predicted molar refractivity (Wildman–Crippen MR) is 53.4 cm³/mol. The Balaban J connectivity index is 2.45. The maximum atomic E-state index is 3.33. The van der Waals surface area contributed by atoms with Crippen LogP contribution in [0.1, 0.15) is 26.2 Å². The van der Waals surface area contributed by atoms with E-state index in [-0.39, 0.29) is 0 Å². The Hall–Kier alpha value is -0.0800. The summed E-state index contributed by atoms with van der Waals surface area (Å²) in [6.45, 7) is 6.06. The summed E-state index contributed by atoms with van der Waals surface area (Å²) in [7, 11) is 4.29. The average Bonchev–Trinajstić information content (AvgIpc) is 2.10. The van der Waals surface area contributed by atoms with Gasteiger partial charge in [0, 0.05) is 6.54 Å². The van der Waals surface area contributed by atoms with Crippen LogP contribution in [0.25, 0.3) is 0 Å². The highest BCUT2D eigenvalue weighted by Gasteiger charge is 2.30. The average molecular weight is 170 g/mol. The normalized spacial score (nSPS) is 24.2. The molecule has 0 atom stereocenters. The summed E-state index contributed by atoms with van der Waals surface area (Å²) in [5.74, 6) is 0. The molecular weight excluding hydrogens is 148 g/mol. The molecule has 0 radical (unpaired) electrons. The van der Waals surface area contributed by atoms with Crippen LogP contribution in [0.15, 0.2) is 0 Å². The first-order valence-corrected chi connectivity index (χ1v) is 5.05. The van der Waals surface area contributed by atoms with Crippen molar-refractivity contribution in [1.82, 2.24) is 10.2 Å². The van der Waals surface area contributed by atoms with Gasteiger partial charge in [-0.2, -0.15) is 0 Å². The summed E-state index contributed by atoms with van der Waals surface area (Å²) in [6.07, 6.45) is 4.04. The zero-order valence-corrected chi connectivity index (χ0v) is 8.69. The van der Waals surface area contributed by atoms with Crippen molar-refractivity contribution in [3.63, 3.8) is 0 Å². The van der Waals surface area contributed by atoms with E-state index in [1.54, 1.807) is 0 Å². The van der Waals surface area contributed by atoms with Gasteiger partial charge >= 0.3 is 0 Å². The van der Waals surface area contributed by atoms with Crippen LogP contribution in [-0.2, 0) is 0 Å². The fourth-order valence-electron chi connectivity index (χ4n) is 2.12. The van der Waals surface area contributed by atoms with Gasteiger partial charge in [0.1, 0.15) is 0 Å². The van der Waals surface area contributed by atoms with E-state index in [9.17, 15) is 0 Å². The third-order valence-electron chi connectivity index (χ3n) is 3.35. The van der Waals surface area contributed by atoms with Crippen LogP contribution >= 0.6 is 0 Å². The first kappa shape index (κ1) is 10.0. The highest BCUT2D eigenvalue weighted by molar-refractivity contribution is 4.85. The molecule has 0 aromatic carbocycles. The third-order valence-corrected chi connectivity index (χ3v) is 3.35. The molecule has 1 aliphatic rings. The fraction of sp³-hybridized carbons (Fsp3) is 1.00. The largest absolute Gasteiger partial charge is 0.319 e. The monoisotopic (exact) mass is 170 g/mol. The lowest BCUT2D eigenvalue weighted by Crippen LogP contribution is -2.42. The summed E-state index contributed by atoms with van der Waals surface area (Å²) in [5, 5.41) is 3.33. The predicted octanol–water partition coefficient (Wildman–Crippen LogP) is 1.33. The molecule has 1 fully saturated rings. The van der Waals surface area contributed by atoms with Crippen LogP contribution in [0.5, 0.6) is 0 Å². The number of nitrogens with one attached hydrogen (secondary N) is 1. The Morgan fingerprint density at radius 3 is 2.33 bits per heavy atom. The number of piperidine rings is 1. The van der Waals surface area contributed by atoms with Crippen molar-refractivity contribution in [2.45, 2.75) is 26.2 Å². The van der Waals surface area contributed by atoms with Crippen LogP contribution < -0.4 is 5.32 Å². The first-order chi connectivity index (χ1) is 5.72. The third kappa shape index (κ3) is 2.20. The number of hydrogen-bond donors (Lipinski definition) is 1. The second kappa shape index (κ2) is 4.24. The Morgan fingerprint density at radius 2 is 1.92 bits per heavy atom. The molecule has 0 unspecified atom stereocenters. The topological polar surface area (TPSA) is 15.3 Å². The summed E-state index contributed by atoms with van der Waals surface area (Å²) >= 11 is 0. The van der Waals surface area contributed by atoms with E-state index in [1.165, 1.54) is 38.9 Å². The molecule has 0 aromatic rings. The maximum absolute atomic E-state index is 3.33. The lowest BCUT2D eigenvalue weighted by atomic mass is 9.76. The highest BCUT2D eigenvalue weighted by Crippen LogP contribution is 2.33. The van der Waals surface area contributed by atoms with Crippen molar-refractivity contribution < 1.29 is 0 Å². The molecule has 0 bridgehead atoms. The summed E-state index contributed by atoms with van der Waals surface area (Å²) in [4.78, 5) is 2.43. The van der Waals surface area contributed by atoms with Crippen molar-refractivity contribution in [3.8, 4) is 0 Å². The van der Waals surface area contributed by atoms with E-state index in [0.717, 1.165) is 0 Å². The highest BCUT2D eigenvalue weighted by atomic mass is 15.1. The van der Waals surface area contributed by atoms with Crippen LogP contribution in [0.4, 0.5) is 0 Å². The molecule has 0 spiro atoms. The van der Waals surface area contributed by atoms with Gasteiger partial charge in [0.15, 0.2) is 0 Å². The van der Waals surface area contributed by atoms with Crippen LogP contribution in [0.3, 0.4) is 0 Å². The lowest BCUT2D eigenvalue weighted by Gasteiger charge is -2.40. The van der Waals surface area contributed by atoms with Gasteiger partial charge in [-0.15, -0.1) is 0 Å². The molecular formula is C10H22N2. The van der Waals surface area contributed by atoms with Gasteiger partial charge < -0.3 is 10.2 Å². The molecule has 1 saturated heterocycles.